The van der Waals surface area contributed by atoms with Gasteiger partial charge in [-0.05, 0) is 31.4 Å². The van der Waals surface area contributed by atoms with Crippen molar-refractivity contribution in [2.45, 2.75) is 32.6 Å². The van der Waals surface area contributed by atoms with Gasteiger partial charge in [-0.25, -0.2) is 8.78 Å². The van der Waals surface area contributed by atoms with Crippen molar-refractivity contribution in [1.82, 2.24) is 0 Å². The molecule has 0 unspecified atom stereocenters. The lowest BCUT2D eigenvalue weighted by Gasteiger charge is -2.35. The Kier molecular flexibility index (Phi) is 2.87. The molecule has 1 aromatic rings. The van der Waals surface area contributed by atoms with E-state index in [4.69, 9.17) is 0 Å². The SMILES string of the molecule is Cc1cccc(C)c1N1CCCC(F)(F)C1. The van der Waals surface area contributed by atoms with Crippen LogP contribution in [0.2, 0.25) is 0 Å². The minimum atomic E-state index is -2.53. The van der Waals surface area contributed by atoms with Crippen molar-refractivity contribution in [2.24, 2.45) is 0 Å². The molecule has 0 radical (unpaired) electrons. The first-order valence-corrected chi connectivity index (χ1v) is 5.69. The number of nitrogens with zero attached hydrogens (tertiary/aromatic N) is 1. The zero-order chi connectivity index (χ0) is 11.8. The molecule has 0 amide bonds. The molecule has 0 saturated carbocycles. The van der Waals surface area contributed by atoms with Crippen molar-refractivity contribution in [1.29, 1.82) is 0 Å². The molecule has 0 N–H and O–H groups in total. The minimum Gasteiger partial charge on any atom is -0.365 e. The Morgan fingerprint density at radius 2 is 1.81 bits per heavy atom. The second kappa shape index (κ2) is 4.04. The smallest absolute Gasteiger partial charge is 0.265 e. The average molecular weight is 225 g/mol. The van der Waals surface area contributed by atoms with E-state index >= 15 is 0 Å². The van der Waals surface area contributed by atoms with E-state index in [1.807, 2.05) is 36.9 Å². The predicted octanol–water partition coefficient (Wildman–Crippen LogP) is 3.54. The van der Waals surface area contributed by atoms with Crippen LogP contribution < -0.4 is 4.90 Å². The first-order valence-electron chi connectivity index (χ1n) is 5.69. The molecule has 3 heteroatoms. The minimum absolute atomic E-state index is 0.0223. The van der Waals surface area contributed by atoms with Gasteiger partial charge in [-0.1, -0.05) is 18.2 Å². The van der Waals surface area contributed by atoms with Gasteiger partial charge in [0.25, 0.3) is 5.92 Å². The summed E-state index contributed by atoms with van der Waals surface area (Å²) in [5.41, 5.74) is 3.15. The molecule has 1 aliphatic rings. The molecule has 88 valence electrons. The molecule has 0 atom stereocenters. The summed E-state index contributed by atoms with van der Waals surface area (Å²) in [5.74, 6) is -2.53. The maximum absolute atomic E-state index is 13.4. The highest BCUT2D eigenvalue weighted by Gasteiger charge is 2.35. The second-order valence-electron chi connectivity index (χ2n) is 4.62. The van der Waals surface area contributed by atoms with Crippen LogP contribution in [0.3, 0.4) is 0 Å². The van der Waals surface area contributed by atoms with Crippen LogP contribution in [0.1, 0.15) is 24.0 Å². The number of alkyl halides is 2. The van der Waals surface area contributed by atoms with Gasteiger partial charge in [-0.15, -0.1) is 0 Å². The summed E-state index contributed by atoms with van der Waals surface area (Å²) in [6.45, 7) is 4.56. The molecule has 0 aromatic heterocycles. The molecule has 1 heterocycles. The maximum atomic E-state index is 13.4. The highest BCUT2D eigenvalue weighted by molar-refractivity contribution is 5.59. The van der Waals surface area contributed by atoms with Crippen LogP contribution >= 0.6 is 0 Å². The molecule has 2 rings (SSSR count). The van der Waals surface area contributed by atoms with Crippen LogP contribution in [0.15, 0.2) is 18.2 Å². The number of halogens is 2. The number of hydrogen-bond donors (Lipinski definition) is 0. The van der Waals surface area contributed by atoms with E-state index in [0.717, 1.165) is 23.4 Å². The first kappa shape index (κ1) is 11.4. The fourth-order valence-corrected chi connectivity index (χ4v) is 2.46. The van der Waals surface area contributed by atoms with E-state index in [9.17, 15) is 8.78 Å². The Labute approximate surface area is 95.1 Å². The standard InChI is InChI=1S/C13H17F2N/c1-10-5-3-6-11(2)12(10)16-8-4-7-13(14,15)9-16/h3,5-6H,4,7-9H2,1-2H3. The number of hydrogen-bond acceptors (Lipinski definition) is 1. The number of para-hydroxylation sites is 1. The van der Waals surface area contributed by atoms with E-state index < -0.39 is 5.92 Å². The second-order valence-corrected chi connectivity index (χ2v) is 4.62. The number of benzene rings is 1. The zero-order valence-corrected chi connectivity index (χ0v) is 9.76. The van der Waals surface area contributed by atoms with E-state index in [-0.39, 0.29) is 13.0 Å². The predicted molar refractivity (Wildman–Crippen MR) is 62.3 cm³/mol. The summed E-state index contributed by atoms with van der Waals surface area (Å²) < 4.78 is 26.7. The highest BCUT2D eigenvalue weighted by Crippen LogP contribution is 2.33. The van der Waals surface area contributed by atoms with Crippen molar-refractivity contribution in [2.75, 3.05) is 18.0 Å². The lowest BCUT2D eigenvalue weighted by molar-refractivity contribution is -0.0117. The Hall–Kier alpha value is -1.12. The summed E-state index contributed by atoms with van der Waals surface area (Å²) in [4.78, 5) is 1.83. The number of anilines is 1. The molecule has 0 bridgehead atoms. The lowest BCUT2D eigenvalue weighted by atomic mass is 10.0. The van der Waals surface area contributed by atoms with Gasteiger partial charge in [-0.2, -0.15) is 0 Å². The summed E-state index contributed by atoms with van der Waals surface area (Å²) in [7, 11) is 0. The van der Waals surface area contributed by atoms with E-state index in [1.54, 1.807) is 0 Å². The fraction of sp³-hybridized carbons (Fsp3) is 0.538. The molecule has 0 aliphatic carbocycles. The van der Waals surface area contributed by atoms with Gasteiger partial charge in [0.05, 0.1) is 6.54 Å². The summed E-state index contributed by atoms with van der Waals surface area (Å²) in [5, 5.41) is 0. The largest absolute Gasteiger partial charge is 0.365 e. The fourth-order valence-electron chi connectivity index (χ4n) is 2.46. The third kappa shape index (κ3) is 2.18. The van der Waals surface area contributed by atoms with Gasteiger partial charge in [-0.3, -0.25) is 0 Å². The van der Waals surface area contributed by atoms with Gasteiger partial charge in [0, 0.05) is 18.7 Å². The molecule has 1 saturated heterocycles. The summed E-state index contributed by atoms with van der Waals surface area (Å²) >= 11 is 0. The first-order chi connectivity index (χ1) is 7.49. The molecule has 16 heavy (non-hydrogen) atoms. The summed E-state index contributed by atoms with van der Waals surface area (Å²) in [6.07, 6.45) is 0.592. The third-order valence-corrected chi connectivity index (χ3v) is 3.15. The van der Waals surface area contributed by atoms with Crippen LogP contribution in [0.5, 0.6) is 0 Å². The van der Waals surface area contributed by atoms with Gasteiger partial charge >= 0.3 is 0 Å². The monoisotopic (exact) mass is 225 g/mol. The zero-order valence-electron chi connectivity index (χ0n) is 9.76. The van der Waals surface area contributed by atoms with E-state index in [2.05, 4.69) is 0 Å². The van der Waals surface area contributed by atoms with E-state index in [1.165, 1.54) is 0 Å². The molecule has 1 nitrogen and oxygen atoms in total. The molecule has 0 spiro atoms. The molecule has 1 aromatic carbocycles. The lowest BCUT2D eigenvalue weighted by Crippen LogP contribution is -2.43. The van der Waals surface area contributed by atoms with Crippen LogP contribution in [-0.2, 0) is 0 Å². The number of rotatable bonds is 1. The maximum Gasteiger partial charge on any atom is 0.265 e. The Bertz CT molecular complexity index is 367. The van der Waals surface area contributed by atoms with Crippen LogP contribution in [0.25, 0.3) is 0 Å². The molecular weight excluding hydrogens is 208 g/mol. The van der Waals surface area contributed by atoms with Crippen LogP contribution in [0, 0.1) is 13.8 Å². The van der Waals surface area contributed by atoms with Crippen LogP contribution in [0.4, 0.5) is 14.5 Å². The van der Waals surface area contributed by atoms with Crippen molar-refractivity contribution < 1.29 is 8.78 Å². The Morgan fingerprint density at radius 3 is 2.38 bits per heavy atom. The Morgan fingerprint density at radius 1 is 1.19 bits per heavy atom. The number of aryl methyl sites for hydroxylation is 2. The summed E-state index contributed by atoms with van der Waals surface area (Å²) in [6, 6.07) is 5.93. The van der Waals surface area contributed by atoms with Gasteiger partial charge in [0.2, 0.25) is 0 Å². The van der Waals surface area contributed by atoms with Crippen molar-refractivity contribution >= 4 is 5.69 Å². The van der Waals surface area contributed by atoms with E-state index in [0.29, 0.717) is 6.42 Å². The average Bonchev–Trinajstić information content (AvgIpc) is 2.15. The Balaban J connectivity index is 2.30. The van der Waals surface area contributed by atoms with Crippen molar-refractivity contribution in [3.8, 4) is 0 Å². The molecule has 1 fully saturated rings. The van der Waals surface area contributed by atoms with Gasteiger partial charge in [0.15, 0.2) is 0 Å². The quantitative estimate of drug-likeness (QED) is 0.706. The normalized spacial score (nSPS) is 19.9. The van der Waals surface area contributed by atoms with Crippen molar-refractivity contribution in [3.63, 3.8) is 0 Å². The number of piperidine rings is 1. The molecular formula is C13H17F2N. The topological polar surface area (TPSA) is 3.24 Å². The highest BCUT2D eigenvalue weighted by atomic mass is 19.3. The van der Waals surface area contributed by atoms with Crippen LogP contribution in [-0.4, -0.2) is 19.0 Å². The third-order valence-electron chi connectivity index (χ3n) is 3.15. The molecule has 1 aliphatic heterocycles. The van der Waals surface area contributed by atoms with Crippen molar-refractivity contribution in [3.05, 3.63) is 29.3 Å². The van der Waals surface area contributed by atoms with Gasteiger partial charge in [0.1, 0.15) is 0 Å². The van der Waals surface area contributed by atoms with Gasteiger partial charge < -0.3 is 4.90 Å².